The van der Waals surface area contributed by atoms with Crippen LogP contribution in [0, 0.1) is 5.82 Å². The zero-order valence-corrected chi connectivity index (χ0v) is 10.3. The van der Waals surface area contributed by atoms with E-state index >= 15 is 0 Å². The lowest BCUT2D eigenvalue weighted by Crippen LogP contribution is -2.23. The first-order valence-electron chi connectivity index (χ1n) is 6.28. The largest absolute Gasteiger partial charge is 0.480 e. The molecular formula is C13H14FN3O2. The quantitative estimate of drug-likeness (QED) is 0.918. The Morgan fingerprint density at radius 2 is 2.11 bits per heavy atom. The van der Waals surface area contributed by atoms with Gasteiger partial charge in [-0.3, -0.25) is 9.36 Å². The topological polar surface area (TPSA) is 58.4 Å². The van der Waals surface area contributed by atoms with E-state index in [1.54, 1.807) is 10.6 Å². The first kappa shape index (κ1) is 12.0. The Morgan fingerprint density at radius 3 is 2.79 bits per heavy atom. The Balaban J connectivity index is 2.15. The number of fused-ring (bicyclic) bond motifs is 1. The van der Waals surface area contributed by atoms with Crippen LogP contribution in [0.1, 0.15) is 12.8 Å². The van der Waals surface area contributed by atoms with Gasteiger partial charge in [0.25, 0.3) is 0 Å². The SMILES string of the molecule is O=C(O)Cn1c(N2CCCC2)nc2ccc(F)cc21. The van der Waals surface area contributed by atoms with Gasteiger partial charge in [-0.1, -0.05) is 0 Å². The van der Waals surface area contributed by atoms with E-state index in [0.29, 0.717) is 17.0 Å². The summed E-state index contributed by atoms with van der Waals surface area (Å²) < 4.78 is 14.9. The summed E-state index contributed by atoms with van der Waals surface area (Å²) in [6.45, 7) is 1.53. The molecule has 0 unspecified atom stereocenters. The smallest absolute Gasteiger partial charge is 0.323 e. The number of imidazole rings is 1. The molecule has 0 spiro atoms. The van der Waals surface area contributed by atoms with Crippen LogP contribution in [0.2, 0.25) is 0 Å². The van der Waals surface area contributed by atoms with E-state index in [1.165, 1.54) is 12.1 Å². The maximum absolute atomic E-state index is 13.3. The molecule has 5 nitrogen and oxygen atoms in total. The van der Waals surface area contributed by atoms with Crippen LogP contribution in [-0.2, 0) is 11.3 Å². The summed E-state index contributed by atoms with van der Waals surface area (Å²) in [6, 6.07) is 4.27. The molecule has 0 saturated carbocycles. The van der Waals surface area contributed by atoms with Gasteiger partial charge in [-0.15, -0.1) is 0 Å². The minimum absolute atomic E-state index is 0.203. The normalized spacial score (nSPS) is 15.3. The molecule has 0 atom stereocenters. The Labute approximate surface area is 109 Å². The maximum Gasteiger partial charge on any atom is 0.323 e. The average molecular weight is 263 g/mol. The standard InChI is InChI=1S/C13H14FN3O2/c14-9-3-4-10-11(7-9)17(8-12(18)19)13(15-10)16-5-1-2-6-16/h3-4,7H,1-2,5-6,8H2,(H,18,19). The van der Waals surface area contributed by atoms with E-state index in [1.807, 2.05) is 0 Å². The molecule has 1 aromatic heterocycles. The molecule has 0 amide bonds. The average Bonchev–Trinajstić information content (AvgIpc) is 2.97. The van der Waals surface area contributed by atoms with Crippen molar-refractivity contribution in [3.8, 4) is 0 Å². The second kappa shape index (κ2) is 4.53. The van der Waals surface area contributed by atoms with Crippen LogP contribution in [0.5, 0.6) is 0 Å². The fourth-order valence-corrected chi connectivity index (χ4v) is 2.53. The van der Waals surface area contributed by atoms with Gasteiger partial charge in [-0.25, -0.2) is 9.37 Å². The summed E-state index contributed by atoms with van der Waals surface area (Å²) in [5.74, 6) is -0.712. The molecule has 1 aliphatic rings. The lowest BCUT2D eigenvalue weighted by molar-refractivity contribution is -0.137. The zero-order chi connectivity index (χ0) is 13.4. The number of halogens is 1. The number of aliphatic carboxylic acids is 1. The third-order valence-electron chi connectivity index (χ3n) is 3.37. The highest BCUT2D eigenvalue weighted by Crippen LogP contribution is 2.26. The van der Waals surface area contributed by atoms with Crippen molar-refractivity contribution >= 4 is 23.0 Å². The van der Waals surface area contributed by atoms with E-state index in [4.69, 9.17) is 5.11 Å². The van der Waals surface area contributed by atoms with Gasteiger partial charge in [0.1, 0.15) is 12.4 Å². The van der Waals surface area contributed by atoms with Gasteiger partial charge in [-0.2, -0.15) is 0 Å². The lowest BCUT2D eigenvalue weighted by Gasteiger charge is -2.17. The van der Waals surface area contributed by atoms with Crippen LogP contribution in [-0.4, -0.2) is 33.7 Å². The van der Waals surface area contributed by atoms with Crippen LogP contribution in [0.4, 0.5) is 10.3 Å². The number of carbonyl (C=O) groups is 1. The monoisotopic (exact) mass is 263 g/mol. The van der Waals surface area contributed by atoms with Crippen molar-refractivity contribution in [1.29, 1.82) is 0 Å². The molecule has 1 N–H and O–H groups in total. The molecule has 0 radical (unpaired) electrons. The Kier molecular flexibility index (Phi) is 2.85. The Hall–Kier alpha value is -2.11. The number of carboxylic acids is 1. The second-order valence-electron chi connectivity index (χ2n) is 4.72. The molecule has 0 bridgehead atoms. The first-order chi connectivity index (χ1) is 9.15. The molecule has 1 saturated heterocycles. The fraction of sp³-hybridized carbons (Fsp3) is 0.385. The molecule has 1 aromatic carbocycles. The predicted octanol–water partition coefficient (Wildman–Crippen LogP) is 1.86. The Bertz CT molecular complexity index is 632. The van der Waals surface area contributed by atoms with Crippen molar-refractivity contribution in [2.45, 2.75) is 19.4 Å². The lowest BCUT2D eigenvalue weighted by atomic mass is 10.3. The van der Waals surface area contributed by atoms with E-state index in [-0.39, 0.29) is 12.4 Å². The van der Waals surface area contributed by atoms with Crippen molar-refractivity contribution in [3.05, 3.63) is 24.0 Å². The highest BCUT2D eigenvalue weighted by atomic mass is 19.1. The van der Waals surface area contributed by atoms with Crippen LogP contribution in [0.3, 0.4) is 0 Å². The third kappa shape index (κ3) is 2.14. The van der Waals surface area contributed by atoms with Gasteiger partial charge >= 0.3 is 5.97 Å². The molecule has 2 aromatic rings. The molecule has 2 heterocycles. The van der Waals surface area contributed by atoms with Gasteiger partial charge in [0.2, 0.25) is 5.95 Å². The molecule has 6 heteroatoms. The van der Waals surface area contributed by atoms with Gasteiger partial charge in [0.15, 0.2) is 0 Å². The molecule has 100 valence electrons. The minimum Gasteiger partial charge on any atom is -0.480 e. The molecular weight excluding hydrogens is 249 g/mol. The van der Waals surface area contributed by atoms with Gasteiger partial charge in [-0.05, 0) is 31.0 Å². The third-order valence-corrected chi connectivity index (χ3v) is 3.37. The summed E-state index contributed by atoms with van der Waals surface area (Å²) in [7, 11) is 0. The number of hydrogen-bond donors (Lipinski definition) is 1. The molecule has 19 heavy (non-hydrogen) atoms. The number of aromatic nitrogens is 2. The van der Waals surface area contributed by atoms with Crippen LogP contribution in [0.25, 0.3) is 11.0 Å². The van der Waals surface area contributed by atoms with Gasteiger partial charge in [0, 0.05) is 13.1 Å². The maximum atomic E-state index is 13.3. The number of anilines is 1. The van der Waals surface area contributed by atoms with Gasteiger partial charge < -0.3 is 10.0 Å². The summed E-state index contributed by atoms with van der Waals surface area (Å²) in [5, 5.41) is 9.02. The predicted molar refractivity (Wildman–Crippen MR) is 68.8 cm³/mol. The fourth-order valence-electron chi connectivity index (χ4n) is 2.53. The van der Waals surface area contributed by atoms with Gasteiger partial charge in [0.05, 0.1) is 11.0 Å². The van der Waals surface area contributed by atoms with E-state index in [9.17, 15) is 9.18 Å². The number of rotatable bonds is 3. The van der Waals surface area contributed by atoms with Crippen molar-refractivity contribution in [3.63, 3.8) is 0 Å². The molecule has 0 aliphatic carbocycles. The first-order valence-corrected chi connectivity index (χ1v) is 6.28. The molecule has 1 fully saturated rings. The highest BCUT2D eigenvalue weighted by molar-refractivity contribution is 5.81. The summed E-state index contributed by atoms with van der Waals surface area (Å²) in [5.41, 5.74) is 1.16. The minimum atomic E-state index is -0.955. The van der Waals surface area contributed by atoms with Crippen molar-refractivity contribution in [2.24, 2.45) is 0 Å². The Morgan fingerprint density at radius 1 is 1.37 bits per heavy atom. The molecule has 3 rings (SSSR count). The van der Waals surface area contributed by atoms with Crippen molar-refractivity contribution in [1.82, 2.24) is 9.55 Å². The second-order valence-corrected chi connectivity index (χ2v) is 4.72. The van der Waals surface area contributed by atoms with Crippen LogP contribution < -0.4 is 4.90 Å². The van der Waals surface area contributed by atoms with Crippen molar-refractivity contribution in [2.75, 3.05) is 18.0 Å². The van der Waals surface area contributed by atoms with Crippen LogP contribution >= 0.6 is 0 Å². The highest BCUT2D eigenvalue weighted by Gasteiger charge is 2.21. The van der Waals surface area contributed by atoms with E-state index in [0.717, 1.165) is 25.9 Å². The van der Waals surface area contributed by atoms with Crippen molar-refractivity contribution < 1.29 is 14.3 Å². The number of benzene rings is 1. The van der Waals surface area contributed by atoms with E-state index in [2.05, 4.69) is 9.88 Å². The zero-order valence-electron chi connectivity index (χ0n) is 10.3. The summed E-state index contributed by atoms with van der Waals surface area (Å²) >= 11 is 0. The molecule has 1 aliphatic heterocycles. The van der Waals surface area contributed by atoms with Crippen LogP contribution in [0.15, 0.2) is 18.2 Å². The number of nitrogens with zero attached hydrogens (tertiary/aromatic N) is 3. The number of carboxylic acid groups (broad SMARTS) is 1. The number of hydrogen-bond acceptors (Lipinski definition) is 3. The van der Waals surface area contributed by atoms with E-state index < -0.39 is 5.97 Å². The summed E-state index contributed by atoms with van der Waals surface area (Å²) in [6.07, 6.45) is 2.15. The summed E-state index contributed by atoms with van der Waals surface area (Å²) in [4.78, 5) is 17.5.